The van der Waals surface area contributed by atoms with Crippen LogP contribution in [0, 0.1) is 0 Å². The molecule has 2 aliphatic rings. The minimum absolute atomic E-state index is 0.194. The summed E-state index contributed by atoms with van der Waals surface area (Å²) in [4.78, 5) is 13.4. The molecular formula is C83H163NO13. The molecule has 12 unspecified atom stereocenters. The van der Waals surface area contributed by atoms with Crippen LogP contribution >= 0.6 is 0 Å². The van der Waals surface area contributed by atoms with Crippen LogP contribution in [0.15, 0.2) is 0 Å². The molecule has 2 heterocycles. The molecule has 1 amide bonds. The summed E-state index contributed by atoms with van der Waals surface area (Å²) < 4.78 is 23.0. The van der Waals surface area contributed by atoms with E-state index < -0.39 is 86.8 Å². The minimum Gasteiger partial charge on any atom is -0.394 e. The van der Waals surface area contributed by atoms with Crippen molar-refractivity contribution in [3.63, 3.8) is 0 Å². The number of rotatable bonds is 74. The zero-order valence-corrected chi connectivity index (χ0v) is 63.6. The number of carbonyl (C=O) groups excluding carboxylic acids is 1. The topological polar surface area (TPSA) is 228 Å². The first-order valence-electron chi connectivity index (χ1n) is 42.8. The third kappa shape index (κ3) is 50.9. The first kappa shape index (κ1) is 92.1. The smallest absolute Gasteiger partial charge is 0.220 e. The van der Waals surface area contributed by atoms with Crippen molar-refractivity contribution < 1.29 is 64.6 Å². The van der Waals surface area contributed by atoms with Crippen molar-refractivity contribution in [1.29, 1.82) is 0 Å². The van der Waals surface area contributed by atoms with Gasteiger partial charge in [-0.05, 0) is 12.8 Å². The number of nitrogens with one attached hydrogen (secondary N) is 1. The lowest BCUT2D eigenvalue weighted by atomic mass is 9.97. The summed E-state index contributed by atoms with van der Waals surface area (Å²) in [5, 5.41) is 88.0. The highest BCUT2D eigenvalue weighted by atomic mass is 16.7. The minimum atomic E-state index is -1.78. The summed E-state index contributed by atoms with van der Waals surface area (Å²) in [5.41, 5.74) is 0. The fourth-order valence-electron chi connectivity index (χ4n) is 14.8. The molecule has 2 saturated heterocycles. The van der Waals surface area contributed by atoms with Crippen LogP contribution in [0.1, 0.15) is 431 Å². The number of hydrogen-bond acceptors (Lipinski definition) is 13. The summed E-state index contributed by atoms with van der Waals surface area (Å²) in [5.74, 6) is -0.194. The first-order chi connectivity index (χ1) is 47.6. The summed E-state index contributed by atoms with van der Waals surface area (Å²) in [6.07, 6.45) is 68.8. The highest BCUT2D eigenvalue weighted by Crippen LogP contribution is 2.31. The molecule has 14 nitrogen and oxygen atoms in total. The fourth-order valence-corrected chi connectivity index (χ4v) is 14.8. The Morgan fingerprint density at radius 2 is 0.588 bits per heavy atom. The van der Waals surface area contributed by atoms with Crippen LogP contribution in [0.25, 0.3) is 0 Å². The van der Waals surface area contributed by atoms with Crippen LogP contribution in [0.3, 0.4) is 0 Å². The third-order valence-electron chi connectivity index (χ3n) is 21.6. The molecule has 2 fully saturated rings. The molecule has 2 aliphatic heterocycles. The lowest BCUT2D eigenvalue weighted by Crippen LogP contribution is -2.65. The number of unbranched alkanes of at least 4 members (excludes halogenated alkanes) is 61. The number of amides is 1. The number of aliphatic hydroxyl groups is 8. The molecule has 2 rings (SSSR count). The number of carbonyl (C=O) groups is 1. The van der Waals surface area contributed by atoms with Gasteiger partial charge in [-0.1, -0.05) is 412 Å². The molecular weight excluding hydrogens is 1220 g/mol. The summed E-state index contributed by atoms with van der Waals surface area (Å²) in [7, 11) is 0. The molecule has 0 aromatic rings. The molecule has 14 heteroatoms. The van der Waals surface area contributed by atoms with Crippen molar-refractivity contribution in [2.75, 3.05) is 19.8 Å². The van der Waals surface area contributed by atoms with Gasteiger partial charge >= 0.3 is 0 Å². The van der Waals surface area contributed by atoms with Crippen molar-refractivity contribution in [3.8, 4) is 0 Å². The summed E-state index contributed by atoms with van der Waals surface area (Å²) >= 11 is 0. The quantitative estimate of drug-likeness (QED) is 0.0259. The van der Waals surface area contributed by atoms with Gasteiger partial charge in [0.15, 0.2) is 12.6 Å². The van der Waals surface area contributed by atoms with E-state index in [-0.39, 0.29) is 12.5 Å². The van der Waals surface area contributed by atoms with Crippen molar-refractivity contribution in [2.45, 2.75) is 505 Å². The van der Waals surface area contributed by atoms with E-state index in [1.807, 2.05) is 0 Å². The van der Waals surface area contributed by atoms with Gasteiger partial charge < -0.3 is 65.1 Å². The van der Waals surface area contributed by atoms with Crippen LogP contribution < -0.4 is 5.32 Å². The van der Waals surface area contributed by atoms with Gasteiger partial charge in [-0.2, -0.15) is 0 Å². The molecule has 578 valence electrons. The van der Waals surface area contributed by atoms with Gasteiger partial charge in [0.25, 0.3) is 0 Å². The molecule has 0 aromatic carbocycles. The van der Waals surface area contributed by atoms with Gasteiger partial charge in [0, 0.05) is 6.42 Å². The van der Waals surface area contributed by atoms with Gasteiger partial charge in [0.05, 0.1) is 32.0 Å². The Bertz CT molecular complexity index is 1630. The molecule has 0 aliphatic carbocycles. The van der Waals surface area contributed by atoms with Gasteiger partial charge in [-0.3, -0.25) is 4.79 Å². The van der Waals surface area contributed by atoms with Gasteiger partial charge in [0.1, 0.15) is 48.8 Å². The monoisotopic (exact) mass is 1380 g/mol. The molecule has 0 bridgehead atoms. The normalized spacial score (nSPS) is 22.0. The number of aliphatic hydroxyl groups excluding tert-OH is 8. The lowest BCUT2D eigenvalue weighted by Gasteiger charge is -2.46. The second-order valence-electron chi connectivity index (χ2n) is 30.7. The average molecular weight is 1380 g/mol. The van der Waals surface area contributed by atoms with Gasteiger partial charge in [-0.15, -0.1) is 0 Å². The number of hydrogen-bond donors (Lipinski definition) is 9. The van der Waals surface area contributed by atoms with E-state index in [9.17, 15) is 45.6 Å². The highest BCUT2D eigenvalue weighted by Gasteiger charge is 2.51. The van der Waals surface area contributed by atoms with Gasteiger partial charge in [-0.25, -0.2) is 0 Å². The van der Waals surface area contributed by atoms with E-state index in [0.29, 0.717) is 12.8 Å². The maximum Gasteiger partial charge on any atom is 0.220 e. The Morgan fingerprint density at radius 3 is 0.876 bits per heavy atom. The maximum atomic E-state index is 13.4. The van der Waals surface area contributed by atoms with E-state index in [0.717, 1.165) is 51.4 Å². The molecule has 0 spiro atoms. The molecule has 0 saturated carbocycles. The highest BCUT2D eigenvalue weighted by molar-refractivity contribution is 5.76. The molecule has 97 heavy (non-hydrogen) atoms. The Balaban J connectivity index is 1.57. The van der Waals surface area contributed by atoms with Crippen molar-refractivity contribution in [3.05, 3.63) is 0 Å². The Hall–Kier alpha value is -1.01. The predicted octanol–water partition coefficient (Wildman–Crippen LogP) is 19.9. The second-order valence-corrected chi connectivity index (χ2v) is 30.7. The molecule has 0 aromatic heterocycles. The van der Waals surface area contributed by atoms with E-state index in [1.165, 1.54) is 353 Å². The van der Waals surface area contributed by atoms with Crippen LogP contribution in [0.2, 0.25) is 0 Å². The van der Waals surface area contributed by atoms with E-state index in [2.05, 4.69) is 19.2 Å². The lowest BCUT2D eigenvalue weighted by molar-refractivity contribution is -0.359. The van der Waals surface area contributed by atoms with Gasteiger partial charge in [0.2, 0.25) is 5.91 Å². The van der Waals surface area contributed by atoms with E-state index >= 15 is 0 Å². The Morgan fingerprint density at radius 1 is 0.330 bits per heavy atom. The van der Waals surface area contributed by atoms with Crippen molar-refractivity contribution >= 4 is 5.91 Å². The average Bonchev–Trinajstić information content (AvgIpc) is 0.793. The van der Waals surface area contributed by atoms with Crippen molar-refractivity contribution in [1.82, 2.24) is 5.32 Å². The largest absolute Gasteiger partial charge is 0.394 e. The Labute approximate surface area is 597 Å². The fraction of sp³-hybridized carbons (Fsp3) is 0.988. The van der Waals surface area contributed by atoms with Crippen LogP contribution in [-0.2, 0) is 23.7 Å². The zero-order chi connectivity index (χ0) is 70.1. The van der Waals surface area contributed by atoms with Crippen LogP contribution in [0.5, 0.6) is 0 Å². The second kappa shape index (κ2) is 68.1. The number of ether oxygens (including phenoxy) is 4. The van der Waals surface area contributed by atoms with E-state index in [4.69, 9.17) is 18.9 Å². The maximum absolute atomic E-state index is 13.4. The first-order valence-corrected chi connectivity index (χ1v) is 42.8. The molecule has 9 N–H and O–H groups in total. The third-order valence-corrected chi connectivity index (χ3v) is 21.6. The molecule has 0 radical (unpaired) electrons. The standard InChI is InChI=1S/C83H163NO13/c1-3-5-7-9-11-13-15-17-19-21-23-25-27-29-31-33-34-35-36-37-39-41-43-45-47-49-51-53-55-57-59-61-63-65-67-75(88)84-71(70-94-82-80(93)78(91)81(74(69-86)96-82)97-83-79(92)77(90)76(89)73(68-85)95-83)72(87)66-64-62-60-58-56-54-52-50-48-46-44-42-40-38-32-30-28-26-24-22-20-18-16-14-12-10-8-6-4-2/h71-74,76-83,85-87,89-93H,3-70H2,1-2H3,(H,84,88). The van der Waals surface area contributed by atoms with Crippen molar-refractivity contribution in [2.24, 2.45) is 0 Å². The Kier molecular flexibility index (Phi) is 64.7. The van der Waals surface area contributed by atoms with Crippen LogP contribution in [-0.4, -0.2) is 140 Å². The predicted molar refractivity (Wildman–Crippen MR) is 402 cm³/mol. The zero-order valence-electron chi connectivity index (χ0n) is 63.6. The summed E-state index contributed by atoms with van der Waals surface area (Å²) in [6.45, 7) is 2.96. The molecule has 12 atom stereocenters. The van der Waals surface area contributed by atoms with E-state index in [1.54, 1.807) is 0 Å². The summed E-state index contributed by atoms with van der Waals surface area (Å²) in [6, 6.07) is -0.826. The van der Waals surface area contributed by atoms with Crippen LogP contribution in [0.4, 0.5) is 0 Å². The SMILES string of the molecule is CCCCCCCCCCCCCCCCCCCCCCCCCCCCCCCCCCCCC(=O)NC(COC1OC(CO)C(OC2OC(CO)C(O)C(O)C2O)C(O)C1O)C(O)CCCCCCCCCCCCCCCCCCCCCCCCCCCCCCC.